The second-order valence-corrected chi connectivity index (χ2v) is 5.03. The first-order chi connectivity index (χ1) is 8.88. The van der Waals surface area contributed by atoms with Crippen LogP contribution in [0.15, 0.2) is 18.5 Å². The van der Waals surface area contributed by atoms with Crippen molar-refractivity contribution in [3.63, 3.8) is 0 Å². The molecule has 3 rings (SSSR count). The first kappa shape index (κ1) is 11.7. The molecule has 1 N–H and O–H groups in total. The average molecular weight is 244 g/mol. The molecular weight excluding hydrogens is 224 g/mol. The fourth-order valence-corrected chi connectivity index (χ4v) is 2.88. The van der Waals surface area contributed by atoms with Gasteiger partial charge in [0.05, 0.1) is 11.7 Å². The summed E-state index contributed by atoms with van der Waals surface area (Å²) < 4.78 is 2.33. The Balaban J connectivity index is 1.90. The molecule has 18 heavy (non-hydrogen) atoms. The zero-order chi connectivity index (χ0) is 12.4. The van der Waals surface area contributed by atoms with Gasteiger partial charge in [-0.1, -0.05) is 0 Å². The number of aryl methyl sites for hydroxylation is 1. The lowest BCUT2D eigenvalue weighted by Crippen LogP contribution is -2.29. The number of fused-ring (bicyclic) bond motifs is 1. The van der Waals surface area contributed by atoms with Crippen LogP contribution in [-0.4, -0.2) is 27.6 Å². The van der Waals surface area contributed by atoms with Gasteiger partial charge in [-0.05, 0) is 44.8 Å². The van der Waals surface area contributed by atoms with Crippen LogP contribution in [0, 0.1) is 5.92 Å². The van der Waals surface area contributed by atoms with Crippen LogP contribution in [0.4, 0.5) is 0 Å². The van der Waals surface area contributed by atoms with Crippen LogP contribution in [0.5, 0.6) is 0 Å². The predicted octanol–water partition coefficient (Wildman–Crippen LogP) is 1.99. The van der Waals surface area contributed by atoms with Crippen molar-refractivity contribution in [3.05, 3.63) is 24.3 Å². The number of imidazole rings is 1. The van der Waals surface area contributed by atoms with Crippen molar-refractivity contribution in [2.24, 2.45) is 5.92 Å². The van der Waals surface area contributed by atoms with Gasteiger partial charge >= 0.3 is 0 Å². The second kappa shape index (κ2) is 5.06. The van der Waals surface area contributed by atoms with Gasteiger partial charge in [-0.3, -0.25) is 4.98 Å². The molecule has 0 atom stereocenters. The first-order valence-corrected chi connectivity index (χ1v) is 6.88. The quantitative estimate of drug-likeness (QED) is 0.898. The maximum absolute atomic E-state index is 4.76. The summed E-state index contributed by atoms with van der Waals surface area (Å²) in [5.74, 6) is 2.01. The van der Waals surface area contributed by atoms with Crippen LogP contribution >= 0.6 is 0 Å². The minimum atomic E-state index is 0.779. The third kappa shape index (κ3) is 2.12. The third-order valence-electron chi connectivity index (χ3n) is 3.88. The maximum Gasteiger partial charge on any atom is 0.110 e. The molecular formula is C14H20N4. The number of nitrogens with zero attached hydrogens (tertiary/aromatic N) is 3. The van der Waals surface area contributed by atoms with Gasteiger partial charge in [0.25, 0.3) is 0 Å². The lowest BCUT2D eigenvalue weighted by molar-refractivity contribution is 0.364. The minimum Gasteiger partial charge on any atom is -0.328 e. The Morgan fingerprint density at radius 3 is 3.00 bits per heavy atom. The Labute approximate surface area is 107 Å². The van der Waals surface area contributed by atoms with Crippen molar-refractivity contribution >= 4 is 11.0 Å². The van der Waals surface area contributed by atoms with E-state index in [1.807, 2.05) is 12.4 Å². The Morgan fingerprint density at radius 2 is 2.22 bits per heavy atom. The number of pyridine rings is 1. The molecule has 0 radical (unpaired) electrons. The molecule has 0 unspecified atom stereocenters. The van der Waals surface area contributed by atoms with Gasteiger partial charge in [0.15, 0.2) is 0 Å². The fourth-order valence-electron chi connectivity index (χ4n) is 2.88. The van der Waals surface area contributed by atoms with Crippen LogP contribution < -0.4 is 5.32 Å². The summed E-state index contributed by atoms with van der Waals surface area (Å²) in [4.78, 5) is 8.92. The minimum absolute atomic E-state index is 0.779. The highest BCUT2D eigenvalue weighted by atomic mass is 15.1. The Morgan fingerprint density at radius 1 is 1.39 bits per heavy atom. The van der Waals surface area contributed by atoms with E-state index < -0.39 is 0 Å². The predicted molar refractivity (Wildman–Crippen MR) is 72.5 cm³/mol. The van der Waals surface area contributed by atoms with Gasteiger partial charge in [0, 0.05) is 19.2 Å². The van der Waals surface area contributed by atoms with Crippen molar-refractivity contribution in [2.75, 3.05) is 13.1 Å². The summed E-state index contributed by atoms with van der Waals surface area (Å²) >= 11 is 0. The lowest BCUT2D eigenvalue weighted by Gasteiger charge is -2.22. The summed E-state index contributed by atoms with van der Waals surface area (Å²) in [5, 5.41) is 3.42. The molecule has 2 aromatic rings. The Kier molecular flexibility index (Phi) is 3.28. The normalized spacial score (nSPS) is 17.4. The van der Waals surface area contributed by atoms with E-state index in [9.17, 15) is 0 Å². The van der Waals surface area contributed by atoms with E-state index in [0.29, 0.717) is 0 Å². The van der Waals surface area contributed by atoms with Crippen molar-refractivity contribution in [1.82, 2.24) is 19.9 Å². The van der Waals surface area contributed by atoms with Crippen LogP contribution in [0.1, 0.15) is 25.6 Å². The Bertz CT molecular complexity index is 526. The van der Waals surface area contributed by atoms with Crippen molar-refractivity contribution in [1.29, 1.82) is 0 Å². The van der Waals surface area contributed by atoms with Crippen LogP contribution in [0.25, 0.3) is 11.0 Å². The zero-order valence-corrected chi connectivity index (χ0v) is 10.9. The first-order valence-electron chi connectivity index (χ1n) is 6.88. The van der Waals surface area contributed by atoms with Crippen molar-refractivity contribution in [3.8, 4) is 0 Å². The highest BCUT2D eigenvalue weighted by Crippen LogP contribution is 2.21. The van der Waals surface area contributed by atoms with Crippen LogP contribution in [0.2, 0.25) is 0 Å². The van der Waals surface area contributed by atoms with E-state index >= 15 is 0 Å². The number of hydrogen-bond donors (Lipinski definition) is 1. The van der Waals surface area contributed by atoms with Gasteiger partial charge in [-0.25, -0.2) is 4.98 Å². The molecule has 3 heterocycles. The summed E-state index contributed by atoms with van der Waals surface area (Å²) in [6.07, 6.45) is 7.36. The van der Waals surface area contributed by atoms with Crippen LogP contribution in [-0.2, 0) is 13.0 Å². The van der Waals surface area contributed by atoms with Gasteiger partial charge in [0.2, 0.25) is 0 Å². The smallest absolute Gasteiger partial charge is 0.110 e. The number of piperidine rings is 1. The topological polar surface area (TPSA) is 42.7 Å². The van der Waals surface area contributed by atoms with E-state index in [0.717, 1.165) is 37.5 Å². The summed E-state index contributed by atoms with van der Waals surface area (Å²) in [7, 11) is 0. The molecule has 1 aliphatic rings. The number of rotatable bonds is 3. The molecule has 0 aromatic carbocycles. The van der Waals surface area contributed by atoms with Gasteiger partial charge in [0.1, 0.15) is 11.3 Å². The molecule has 1 aliphatic heterocycles. The largest absolute Gasteiger partial charge is 0.328 e. The molecule has 1 saturated heterocycles. The monoisotopic (exact) mass is 244 g/mol. The van der Waals surface area contributed by atoms with Crippen LogP contribution in [0.3, 0.4) is 0 Å². The lowest BCUT2D eigenvalue weighted by atomic mass is 9.94. The number of aromatic nitrogens is 3. The molecule has 96 valence electrons. The fraction of sp³-hybridized carbons (Fsp3) is 0.571. The van der Waals surface area contributed by atoms with Gasteiger partial charge in [-0.2, -0.15) is 0 Å². The SMILES string of the molecule is CCn1c(CC2CCNCC2)nc2cnccc21. The van der Waals surface area contributed by atoms with E-state index in [1.54, 1.807) is 0 Å². The highest BCUT2D eigenvalue weighted by Gasteiger charge is 2.17. The molecule has 2 aromatic heterocycles. The summed E-state index contributed by atoms with van der Waals surface area (Å²) in [6, 6.07) is 2.07. The van der Waals surface area contributed by atoms with E-state index in [1.165, 1.54) is 24.2 Å². The number of nitrogens with one attached hydrogen (secondary N) is 1. The molecule has 1 fully saturated rings. The van der Waals surface area contributed by atoms with E-state index in [2.05, 4.69) is 27.9 Å². The van der Waals surface area contributed by atoms with E-state index in [-0.39, 0.29) is 0 Å². The summed E-state index contributed by atoms with van der Waals surface area (Å²) in [6.45, 7) is 5.48. The van der Waals surface area contributed by atoms with Crippen molar-refractivity contribution in [2.45, 2.75) is 32.7 Å². The van der Waals surface area contributed by atoms with Crippen molar-refractivity contribution < 1.29 is 0 Å². The molecule has 0 amide bonds. The average Bonchev–Trinajstić information content (AvgIpc) is 2.77. The molecule has 4 nitrogen and oxygen atoms in total. The summed E-state index contributed by atoms with van der Waals surface area (Å²) in [5.41, 5.74) is 2.25. The standard InChI is InChI=1S/C14H20N4/c1-2-18-13-5-8-16-10-12(13)17-14(18)9-11-3-6-15-7-4-11/h5,8,10-11,15H,2-4,6-7,9H2,1H3. The molecule has 0 spiro atoms. The Hall–Kier alpha value is -1.42. The maximum atomic E-state index is 4.76. The number of hydrogen-bond acceptors (Lipinski definition) is 3. The third-order valence-corrected chi connectivity index (χ3v) is 3.88. The molecule has 0 saturated carbocycles. The molecule has 4 heteroatoms. The second-order valence-electron chi connectivity index (χ2n) is 5.03. The van der Waals surface area contributed by atoms with E-state index in [4.69, 9.17) is 4.98 Å². The molecule has 0 bridgehead atoms. The highest BCUT2D eigenvalue weighted by molar-refractivity contribution is 5.74. The van der Waals surface area contributed by atoms with Gasteiger partial charge in [-0.15, -0.1) is 0 Å². The van der Waals surface area contributed by atoms with Gasteiger partial charge < -0.3 is 9.88 Å². The zero-order valence-electron chi connectivity index (χ0n) is 10.9. The molecule has 0 aliphatic carbocycles.